The van der Waals surface area contributed by atoms with Gasteiger partial charge in [0.25, 0.3) is 0 Å². The van der Waals surface area contributed by atoms with Crippen LogP contribution in [0.2, 0.25) is 0 Å². The van der Waals surface area contributed by atoms with E-state index >= 15 is 0 Å². The first-order valence-electron chi connectivity index (χ1n) is 7.08. The van der Waals surface area contributed by atoms with Crippen LogP contribution in [-0.4, -0.2) is 30.9 Å². The van der Waals surface area contributed by atoms with Gasteiger partial charge in [0, 0.05) is 5.75 Å². The zero-order valence-corrected chi connectivity index (χ0v) is 13.6. The van der Waals surface area contributed by atoms with Crippen molar-refractivity contribution in [3.63, 3.8) is 0 Å². The average Bonchev–Trinajstić information content (AvgIpc) is 2.44. The van der Waals surface area contributed by atoms with Crippen LogP contribution >= 0.6 is 11.8 Å². The molecule has 0 N–H and O–H groups in total. The number of hydrogen-bond donors (Lipinski definition) is 0. The topological polar surface area (TPSA) is 52.6 Å². The number of esters is 2. The Labute approximate surface area is 130 Å². The van der Waals surface area contributed by atoms with Crippen LogP contribution in [0.3, 0.4) is 0 Å². The van der Waals surface area contributed by atoms with Gasteiger partial charge in [-0.15, -0.1) is 11.8 Å². The third-order valence-electron chi connectivity index (χ3n) is 2.74. The number of aryl methyl sites for hydroxylation is 1. The molecule has 1 unspecified atom stereocenters. The van der Waals surface area contributed by atoms with E-state index in [9.17, 15) is 9.59 Å². The highest BCUT2D eigenvalue weighted by molar-refractivity contribution is 8.00. The van der Waals surface area contributed by atoms with E-state index in [2.05, 4.69) is 0 Å². The molecule has 0 saturated heterocycles. The van der Waals surface area contributed by atoms with Crippen molar-refractivity contribution >= 4 is 23.7 Å². The van der Waals surface area contributed by atoms with Gasteiger partial charge in [-0.2, -0.15) is 0 Å². The molecule has 0 aliphatic rings. The molecule has 0 amide bonds. The molecule has 1 atom stereocenters. The summed E-state index contributed by atoms with van der Waals surface area (Å²) in [6.45, 7) is 6.27. The second-order valence-electron chi connectivity index (χ2n) is 4.47. The Balaban J connectivity index is 2.69. The van der Waals surface area contributed by atoms with Gasteiger partial charge in [-0.25, -0.2) is 0 Å². The molecule has 0 bridgehead atoms. The monoisotopic (exact) mass is 310 g/mol. The molecule has 1 aromatic rings. The Morgan fingerprint density at radius 1 is 1.19 bits per heavy atom. The van der Waals surface area contributed by atoms with Gasteiger partial charge in [-0.3, -0.25) is 9.59 Å². The van der Waals surface area contributed by atoms with E-state index in [-0.39, 0.29) is 11.9 Å². The fraction of sp³-hybridized carbons (Fsp3) is 0.500. The van der Waals surface area contributed by atoms with Crippen LogP contribution in [-0.2, 0) is 19.1 Å². The molecule has 1 rings (SSSR count). The van der Waals surface area contributed by atoms with Gasteiger partial charge in [-0.1, -0.05) is 29.8 Å². The van der Waals surface area contributed by atoms with Crippen molar-refractivity contribution < 1.29 is 19.1 Å². The van der Waals surface area contributed by atoms with Crippen molar-refractivity contribution in [1.82, 2.24) is 0 Å². The lowest BCUT2D eigenvalue weighted by Gasteiger charge is -2.16. The molecule has 0 spiro atoms. The quantitative estimate of drug-likeness (QED) is 0.690. The molecule has 116 valence electrons. The first-order valence-corrected chi connectivity index (χ1v) is 8.13. The molecule has 1 aromatic carbocycles. The summed E-state index contributed by atoms with van der Waals surface area (Å²) in [4.78, 5) is 23.5. The van der Waals surface area contributed by atoms with E-state index < -0.39 is 5.25 Å². The number of ether oxygens (including phenoxy) is 2. The van der Waals surface area contributed by atoms with Crippen LogP contribution in [0.4, 0.5) is 0 Å². The molecule has 0 heterocycles. The lowest BCUT2D eigenvalue weighted by molar-refractivity contribution is -0.143. The van der Waals surface area contributed by atoms with E-state index in [0.717, 1.165) is 11.1 Å². The summed E-state index contributed by atoms with van der Waals surface area (Å²) in [6, 6.07) is 7.78. The van der Waals surface area contributed by atoms with Gasteiger partial charge in [0.05, 0.1) is 19.6 Å². The number of rotatable bonds is 8. The molecule has 0 aromatic heterocycles. The first-order chi connectivity index (χ1) is 10.1. The van der Waals surface area contributed by atoms with Crippen molar-refractivity contribution in [2.24, 2.45) is 0 Å². The largest absolute Gasteiger partial charge is 0.466 e. The predicted molar refractivity (Wildman–Crippen MR) is 84.3 cm³/mol. The zero-order chi connectivity index (χ0) is 15.7. The summed E-state index contributed by atoms with van der Waals surface area (Å²) in [5, 5.41) is -0.403. The summed E-state index contributed by atoms with van der Waals surface area (Å²) < 4.78 is 10.0. The molecule has 0 fully saturated rings. The molecule has 0 saturated carbocycles. The molecule has 0 aliphatic heterocycles. The van der Waals surface area contributed by atoms with E-state index in [1.165, 1.54) is 11.8 Å². The average molecular weight is 310 g/mol. The smallest absolute Gasteiger partial charge is 0.323 e. The maximum absolute atomic E-state index is 12.1. The molecule has 0 radical (unpaired) electrons. The molecule has 0 aliphatic carbocycles. The number of hydrogen-bond acceptors (Lipinski definition) is 5. The van der Waals surface area contributed by atoms with Crippen molar-refractivity contribution in [3.05, 3.63) is 35.4 Å². The number of thioether (sulfide) groups is 1. The Morgan fingerprint density at radius 2 is 1.90 bits per heavy atom. The molecule has 21 heavy (non-hydrogen) atoms. The van der Waals surface area contributed by atoms with Crippen LogP contribution in [0.25, 0.3) is 0 Å². The van der Waals surface area contributed by atoms with Gasteiger partial charge in [0.1, 0.15) is 5.25 Å². The van der Waals surface area contributed by atoms with Crippen LogP contribution in [0.5, 0.6) is 0 Å². The molecule has 4 nitrogen and oxygen atoms in total. The van der Waals surface area contributed by atoms with E-state index in [1.807, 2.05) is 31.2 Å². The number of carbonyl (C=O) groups is 2. The second-order valence-corrected chi connectivity index (χ2v) is 5.69. The second kappa shape index (κ2) is 9.45. The summed E-state index contributed by atoms with van der Waals surface area (Å²) in [5.74, 6) is 0.0183. The maximum Gasteiger partial charge on any atom is 0.323 e. The summed E-state index contributed by atoms with van der Waals surface area (Å²) in [5.41, 5.74) is 2.00. The minimum Gasteiger partial charge on any atom is -0.466 e. The lowest BCUT2D eigenvalue weighted by atomic mass is 10.1. The zero-order valence-electron chi connectivity index (χ0n) is 12.8. The third kappa shape index (κ3) is 6.21. The summed E-state index contributed by atoms with van der Waals surface area (Å²) in [7, 11) is 0. The summed E-state index contributed by atoms with van der Waals surface area (Å²) in [6.07, 6.45) is 0.292. The van der Waals surface area contributed by atoms with Gasteiger partial charge >= 0.3 is 11.9 Å². The Bertz CT molecular complexity index is 473. The van der Waals surface area contributed by atoms with Gasteiger partial charge in [0.2, 0.25) is 0 Å². The molecule has 5 heteroatoms. The fourth-order valence-electron chi connectivity index (χ4n) is 1.84. The van der Waals surface area contributed by atoms with Crippen molar-refractivity contribution in [3.8, 4) is 0 Å². The minimum absolute atomic E-state index is 0.239. The molecular formula is C16H22O4S. The highest BCUT2D eigenvalue weighted by Gasteiger charge is 2.23. The van der Waals surface area contributed by atoms with Crippen molar-refractivity contribution in [2.75, 3.05) is 19.0 Å². The normalized spacial score (nSPS) is 11.8. The van der Waals surface area contributed by atoms with Crippen LogP contribution in [0.15, 0.2) is 24.3 Å². The van der Waals surface area contributed by atoms with Crippen LogP contribution < -0.4 is 0 Å². The van der Waals surface area contributed by atoms with E-state index in [1.54, 1.807) is 13.8 Å². The highest BCUT2D eigenvalue weighted by atomic mass is 32.2. The van der Waals surface area contributed by atoms with E-state index in [0.29, 0.717) is 25.4 Å². The van der Waals surface area contributed by atoms with E-state index in [4.69, 9.17) is 9.47 Å². The standard InChI is InChI=1S/C16H22O4S/c1-4-19-14(17)9-10-21-15(16(18)20-5-2)13-8-6-7-12(3)11-13/h6-8,11,15H,4-5,9-10H2,1-3H3. The Morgan fingerprint density at radius 3 is 2.52 bits per heavy atom. The van der Waals surface area contributed by atoms with Crippen LogP contribution in [0.1, 0.15) is 36.6 Å². The fourth-order valence-corrected chi connectivity index (χ4v) is 2.91. The summed E-state index contributed by atoms with van der Waals surface area (Å²) >= 11 is 1.41. The third-order valence-corrected chi connectivity index (χ3v) is 3.98. The SMILES string of the molecule is CCOC(=O)CCSC(C(=O)OCC)c1cccc(C)c1. The van der Waals surface area contributed by atoms with Crippen molar-refractivity contribution in [2.45, 2.75) is 32.4 Å². The van der Waals surface area contributed by atoms with Crippen LogP contribution in [0, 0.1) is 6.92 Å². The number of carbonyl (C=O) groups excluding carboxylic acids is 2. The lowest BCUT2D eigenvalue weighted by Crippen LogP contribution is -2.15. The van der Waals surface area contributed by atoms with Gasteiger partial charge in [-0.05, 0) is 26.3 Å². The van der Waals surface area contributed by atoms with Gasteiger partial charge < -0.3 is 9.47 Å². The van der Waals surface area contributed by atoms with Crippen molar-refractivity contribution in [1.29, 1.82) is 0 Å². The predicted octanol–water partition coefficient (Wildman–Crippen LogP) is 3.29. The minimum atomic E-state index is -0.403. The Hall–Kier alpha value is -1.49. The number of benzene rings is 1. The maximum atomic E-state index is 12.1. The van der Waals surface area contributed by atoms with Gasteiger partial charge in [0.15, 0.2) is 0 Å². The first kappa shape index (κ1) is 17.6. The highest BCUT2D eigenvalue weighted by Crippen LogP contribution is 2.31. The Kier molecular flexibility index (Phi) is 7.90. The molecular weight excluding hydrogens is 288 g/mol.